The summed E-state index contributed by atoms with van der Waals surface area (Å²) in [5, 5.41) is 9.68. The van der Waals surface area contributed by atoms with Crippen molar-refractivity contribution in [3.05, 3.63) is 90.8 Å². The van der Waals surface area contributed by atoms with Crippen molar-refractivity contribution < 1.29 is 4.39 Å². The molecule has 6 aromatic rings. The molecule has 6 rings (SSSR count). The first-order valence-corrected chi connectivity index (χ1v) is 10.3. The summed E-state index contributed by atoms with van der Waals surface area (Å²) < 4.78 is 13.8. The lowest BCUT2D eigenvalue weighted by Gasteiger charge is -2.03. The molecular weight excluding hydrogens is 401 g/mol. The average Bonchev–Trinajstić information content (AvgIpc) is 3.42. The summed E-state index contributed by atoms with van der Waals surface area (Å²) in [6, 6.07) is 17.0. The third-order valence-corrected chi connectivity index (χ3v) is 5.71. The van der Waals surface area contributed by atoms with Crippen LogP contribution in [0.4, 0.5) is 4.39 Å². The minimum absolute atomic E-state index is 0.272. The van der Waals surface area contributed by atoms with E-state index in [2.05, 4.69) is 43.3 Å². The molecule has 6 heteroatoms. The number of aryl methyl sites for hydroxylation is 1. The van der Waals surface area contributed by atoms with E-state index in [1.807, 2.05) is 37.5 Å². The van der Waals surface area contributed by atoms with Gasteiger partial charge in [0.15, 0.2) is 0 Å². The number of hydrogen-bond donors (Lipinski definition) is 2. The fourth-order valence-corrected chi connectivity index (χ4v) is 4.18. The van der Waals surface area contributed by atoms with Crippen LogP contribution in [0.3, 0.4) is 0 Å². The van der Waals surface area contributed by atoms with Crippen LogP contribution in [0.25, 0.3) is 55.4 Å². The number of H-pyrrole nitrogens is 2. The number of nitrogens with one attached hydrogen (secondary N) is 2. The van der Waals surface area contributed by atoms with Crippen LogP contribution in [0, 0.1) is 12.7 Å². The van der Waals surface area contributed by atoms with Gasteiger partial charge in [-0.1, -0.05) is 18.2 Å². The van der Waals surface area contributed by atoms with E-state index < -0.39 is 0 Å². The van der Waals surface area contributed by atoms with Gasteiger partial charge in [0.2, 0.25) is 0 Å². The molecule has 0 saturated carbocycles. The first-order chi connectivity index (χ1) is 15.7. The van der Waals surface area contributed by atoms with Crippen molar-refractivity contribution in [2.75, 3.05) is 0 Å². The Labute approximate surface area is 183 Å². The molecule has 4 heterocycles. The lowest BCUT2D eigenvalue weighted by atomic mass is 10.0. The van der Waals surface area contributed by atoms with E-state index in [1.165, 1.54) is 12.1 Å². The zero-order chi connectivity index (χ0) is 21.7. The summed E-state index contributed by atoms with van der Waals surface area (Å²) in [5.74, 6) is -0.272. The van der Waals surface area contributed by atoms with Gasteiger partial charge in [0.25, 0.3) is 0 Å². The van der Waals surface area contributed by atoms with Crippen molar-refractivity contribution in [3.63, 3.8) is 0 Å². The van der Waals surface area contributed by atoms with Gasteiger partial charge in [-0.05, 0) is 60.0 Å². The van der Waals surface area contributed by atoms with Crippen molar-refractivity contribution in [3.8, 4) is 33.6 Å². The van der Waals surface area contributed by atoms with Crippen LogP contribution in [-0.2, 0) is 0 Å². The minimum atomic E-state index is -0.272. The highest BCUT2D eigenvalue weighted by Gasteiger charge is 2.15. The van der Waals surface area contributed by atoms with E-state index in [-0.39, 0.29) is 5.82 Å². The second kappa shape index (κ2) is 7.13. The van der Waals surface area contributed by atoms with Crippen LogP contribution >= 0.6 is 0 Å². The average molecular weight is 419 g/mol. The number of hydrogen-bond acceptors (Lipinski definition) is 3. The molecule has 0 aliphatic rings. The molecule has 0 spiro atoms. The van der Waals surface area contributed by atoms with Crippen molar-refractivity contribution in [2.24, 2.45) is 0 Å². The lowest BCUT2D eigenvalue weighted by Crippen LogP contribution is -1.83. The van der Waals surface area contributed by atoms with E-state index in [9.17, 15) is 4.39 Å². The van der Waals surface area contributed by atoms with Crippen LogP contribution < -0.4 is 0 Å². The standard InChI is InChI=1S/C26H18FN5/c1-15-7-18(12-28-11-15)16-5-6-23-21(9-16)26(32-31-23)24-10-20-22(13-29-14-25(20)30-24)17-3-2-4-19(27)8-17/h2-14,30H,1H3,(H,31,32). The highest BCUT2D eigenvalue weighted by atomic mass is 19.1. The molecule has 2 aromatic carbocycles. The van der Waals surface area contributed by atoms with Crippen molar-refractivity contribution in [1.29, 1.82) is 0 Å². The van der Waals surface area contributed by atoms with Crippen LogP contribution in [0.2, 0.25) is 0 Å². The normalized spacial score (nSPS) is 11.4. The Balaban J connectivity index is 1.51. The van der Waals surface area contributed by atoms with Crippen LogP contribution in [0.15, 0.2) is 79.4 Å². The predicted molar refractivity (Wildman–Crippen MR) is 125 cm³/mol. The van der Waals surface area contributed by atoms with Crippen LogP contribution in [-0.4, -0.2) is 25.1 Å². The van der Waals surface area contributed by atoms with Gasteiger partial charge in [0, 0.05) is 40.5 Å². The highest BCUT2D eigenvalue weighted by molar-refractivity contribution is 6.01. The fourth-order valence-electron chi connectivity index (χ4n) is 4.18. The predicted octanol–water partition coefficient (Wildman–Crippen LogP) is 6.28. The zero-order valence-corrected chi connectivity index (χ0v) is 17.2. The number of aromatic nitrogens is 5. The smallest absolute Gasteiger partial charge is 0.123 e. The SMILES string of the molecule is Cc1cncc(-c2ccc3[nH]nc(-c4cc5c(-c6cccc(F)c6)cncc5[nH]4)c3c2)c1. The number of rotatable bonds is 3. The number of aromatic amines is 2. The topological polar surface area (TPSA) is 70.2 Å². The summed E-state index contributed by atoms with van der Waals surface area (Å²) in [4.78, 5) is 12.1. The molecule has 0 aliphatic heterocycles. The molecule has 0 amide bonds. The van der Waals surface area contributed by atoms with E-state index in [0.29, 0.717) is 0 Å². The molecule has 0 bridgehead atoms. The van der Waals surface area contributed by atoms with Crippen molar-refractivity contribution in [1.82, 2.24) is 25.1 Å². The molecule has 0 saturated heterocycles. The Bertz CT molecular complexity index is 1610. The summed E-state index contributed by atoms with van der Waals surface area (Å²) in [5.41, 5.74) is 8.43. The number of benzene rings is 2. The van der Waals surface area contributed by atoms with E-state index >= 15 is 0 Å². The van der Waals surface area contributed by atoms with Gasteiger partial charge in [-0.2, -0.15) is 5.10 Å². The molecule has 0 fully saturated rings. The molecular formula is C26H18FN5. The molecule has 154 valence electrons. The molecule has 4 aromatic heterocycles. The van der Waals surface area contributed by atoms with Gasteiger partial charge >= 0.3 is 0 Å². The maximum atomic E-state index is 13.8. The number of fused-ring (bicyclic) bond motifs is 2. The van der Waals surface area contributed by atoms with E-state index in [1.54, 1.807) is 18.5 Å². The van der Waals surface area contributed by atoms with Crippen molar-refractivity contribution >= 4 is 21.8 Å². The number of pyridine rings is 2. The second-order valence-electron chi connectivity index (χ2n) is 7.93. The number of nitrogens with zero attached hydrogens (tertiary/aromatic N) is 3. The zero-order valence-electron chi connectivity index (χ0n) is 17.2. The van der Waals surface area contributed by atoms with Crippen LogP contribution in [0.5, 0.6) is 0 Å². The maximum Gasteiger partial charge on any atom is 0.123 e. The number of halogens is 1. The molecule has 32 heavy (non-hydrogen) atoms. The molecule has 0 aliphatic carbocycles. The monoisotopic (exact) mass is 419 g/mol. The van der Waals surface area contributed by atoms with Gasteiger partial charge in [-0.25, -0.2) is 4.39 Å². The van der Waals surface area contributed by atoms with Gasteiger partial charge < -0.3 is 4.98 Å². The van der Waals surface area contributed by atoms with Gasteiger partial charge in [-0.3, -0.25) is 15.1 Å². The second-order valence-corrected chi connectivity index (χ2v) is 7.93. The fraction of sp³-hybridized carbons (Fsp3) is 0.0385. The Morgan fingerprint density at radius 2 is 1.66 bits per heavy atom. The Morgan fingerprint density at radius 3 is 2.53 bits per heavy atom. The Kier molecular flexibility index (Phi) is 4.11. The minimum Gasteiger partial charge on any atom is -0.352 e. The molecule has 0 unspecified atom stereocenters. The quantitative estimate of drug-likeness (QED) is 0.354. The lowest BCUT2D eigenvalue weighted by molar-refractivity contribution is 0.628. The summed E-state index contributed by atoms with van der Waals surface area (Å²) in [6.07, 6.45) is 7.26. The summed E-state index contributed by atoms with van der Waals surface area (Å²) in [6.45, 7) is 2.03. The van der Waals surface area contributed by atoms with Gasteiger partial charge in [0.1, 0.15) is 11.5 Å². The summed E-state index contributed by atoms with van der Waals surface area (Å²) in [7, 11) is 0. The van der Waals surface area contributed by atoms with Gasteiger partial charge in [-0.15, -0.1) is 0 Å². The molecule has 5 nitrogen and oxygen atoms in total. The third-order valence-electron chi connectivity index (χ3n) is 5.71. The van der Waals surface area contributed by atoms with E-state index in [4.69, 9.17) is 0 Å². The largest absolute Gasteiger partial charge is 0.352 e. The van der Waals surface area contributed by atoms with Gasteiger partial charge in [0.05, 0.1) is 22.9 Å². The Hall–Kier alpha value is -4.32. The van der Waals surface area contributed by atoms with Crippen LogP contribution in [0.1, 0.15) is 5.56 Å². The van der Waals surface area contributed by atoms with E-state index in [0.717, 1.165) is 61.0 Å². The summed E-state index contributed by atoms with van der Waals surface area (Å²) >= 11 is 0. The molecule has 0 atom stereocenters. The first kappa shape index (κ1) is 18.4. The third kappa shape index (κ3) is 3.04. The molecule has 2 N–H and O–H groups in total. The highest BCUT2D eigenvalue weighted by Crippen LogP contribution is 2.35. The maximum absolute atomic E-state index is 13.8. The molecule has 0 radical (unpaired) electrons. The first-order valence-electron chi connectivity index (χ1n) is 10.3. The van der Waals surface area contributed by atoms with Crippen molar-refractivity contribution in [2.45, 2.75) is 6.92 Å². The Morgan fingerprint density at radius 1 is 0.750 bits per heavy atom.